The number of ketones is 1. The molecule has 0 saturated carbocycles. The highest BCUT2D eigenvalue weighted by Crippen LogP contribution is 2.42. The van der Waals surface area contributed by atoms with Crippen LogP contribution in [0.2, 0.25) is 10.0 Å². The SMILES string of the molecule is Cc1c(Cl)cccc1OCCOC(=O)N1CCSc2c(-c3cnn(Cc4c(F)cc(C(=O)C[C@@H](CCC[N+](C)(C)C)C(=O)O)cc4Cl)c3)cccc21. The normalized spacial score (nSPS) is 13.4. The molecular weight excluding hydrogens is 730 g/mol. The number of nitrogens with zero attached hydrogens (tertiary/aromatic N) is 4. The van der Waals surface area contributed by atoms with Crippen molar-refractivity contribution in [1.29, 1.82) is 0 Å². The number of carbonyl (C=O) groups excluding carboxylic acids is 2. The summed E-state index contributed by atoms with van der Waals surface area (Å²) >= 11 is 14.3. The standard InChI is InChI=1S/C38H41Cl2FN4O6S/c1-24-30(39)10-6-12-35(24)50-15-16-51-38(49)44-13-17-52-36-28(9-5-11-33(36)44)27-21-42-43(22-27)23-29-31(40)18-26(19-32(29)41)34(46)20-25(37(47)48)8-7-14-45(2,3)4/h5-6,9-12,18-19,21-22,25H,7-8,13-17,20,23H2,1-4H3/p+1/t25-/m1/s1. The van der Waals surface area contributed by atoms with Gasteiger partial charge in [0, 0.05) is 67.7 Å². The van der Waals surface area contributed by atoms with Crippen molar-refractivity contribution in [3.8, 4) is 16.9 Å². The minimum absolute atomic E-state index is 0.000653. The number of aliphatic carboxylic acids is 1. The molecule has 10 nitrogen and oxygen atoms in total. The minimum atomic E-state index is -1.05. The van der Waals surface area contributed by atoms with Crippen LogP contribution < -0.4 is 9.64 Å². The van der Waals surface area contributed by atoms with Gasteiger partial charge in [0.2, 0.25) is 0 Å². The number of carboxylic acids is 1. The van der Waals surface area contributed by atoms with E-state index in [0.29, 0.717) is 46.1 Å². The highest BCUT2D eigenvalue weighted by atomic mass is 35.5. The van der Waals surface area contributed by atoms with Gasteiger partial charge in [-0.1, -0.05) is 41.4 Å². The Morgan fingerprint density at radius 2 is 1.85 bits per heavy atom. The second kappa shape index (κ2) is 17.2. The van der Waals surface area contributed by atoms with Crippen molar-refractivity contribution in [2.24, 2.45) is 5.92 Å². The van der Waals surface area contributed by atoms with Crippen molar-refractivity contribution >= 4 is 58.5 Å². The summed E-state index contributed by atoms with van der Waals surface area (Å²) in [4.78, 5) is 40.5. The molecule has 0 saturated heterocycles. The Morgan fingerprint density at radius 1 is 1.08 bits per heavy atom. The number of halogens is 3. The van der Waals surface area contributed by atoms with Crippen LogP contribution in [0.3, 0.4) is 0 Å². The van der Waals surface area contributed by atoms with Crippen molar-refractivity contribution < 1.29 is 37.8 Å². The summed E-state index contributed by atoms with van der Waals surface area (Å²) in [6.07, 6.45) is 3.70. The smallest absolute Gasteiger partial charge is 0.414 e. The molecule has 2 heterocycles. The van der Waals surface area contributed by atoms with Gasteiger partial charge in [-0.05, 0) is 50.1 Å². The fraction of sp³-hybridized carbons (Fsp3) is 0.368. The number of rotatable bonds is 15. The molecule has 0 fully saturated rings. The van der Waals surface area contributed by atoms with E-state index >= 15 is 4.39 Å². The van der Waals surface area contributed by atoms with E-state index in [1.807, 2.05) is 52.3 Å². The van der Waals surface area contributed by atoms with Crippen LogP contribution in [0.4, 0.5) is 14.9 Å². The van der Waals surface area contributed by atoms with Gasteiger partial charge in [-0.15, -0.1) is 11.8 Å². The number of Topliss-reactive ketones (excluding diaryl/α,β-unsaturated/α-hetero) is 1. The molecule has 1 aliphatic rings. The maximum absolute atomic E-state index is 15.4. The lowest BCUT2D eigenvalue weighted by Crippen LogP contribution is -2.36. The molecule has 14 heteroatoms. The number of fused-ring (bicyclic) bond motifs is 1. The number of quaternary nitrogens is 1. The Bertz CT molecular complexity index is 1930. The van der Waals surface area contributed by atoms with Crippen LogP contribution in [0.5, 0.6) is 5.75 Å². The van der Waals surface area contributed by atoms with E-state index in [4.69, 9.17) is 32.7 Å². The first-order valence-electron chi connectivity index (χ1n) is 16.9. The van der Waals surface area contributed by atoms with Crippen LogP contribution in [0.1, 0.15) is 40.7 Å². The average molecular weight is 773 g/mol. The summed E-state index contributed by atoms with van der Waals surface area (Å²) in [6, 6.07) is 13.5. The number of carboxylic acid groups (broad SMARTS) is 1. The molecule has 276 valence electrons. The molecule has 0 spiro atoms. The van der Waals surface area contributed by atoms with Gasteiger partial charge in [-0.25, -0.2) is 9.18 Å². The summed E-state index contributed by atoms with van der Waals surface area (Å²) in [5.74, 6) is -1.79. The highest BCUT2D eigenvalue weighted by Gasteiger charge is 2.28. The van der Waals surface area contributed by atoms with Crippen LogP contribution in [0.15, 0.2) is 65.8 Å². The molecular formula is C38H42Cl2FN4O6S+. The molecule has 5 rings (SSSR count). The Balaban J connectivity index is 1.23. The molecule has 52 heavy (non-hydrogen) atoms. The maximum atomic E-state index is 15.4. The first-order chi connectivity index (χ1) is 24.7. The van der Waals surface area contributed by atoms with E-state index in [0.717, 1.165) is 34.2 Å². The summed E-state index contributed by atoms with van der Waals surface area (Å²) in [6.45, 7) is 3.33. The van der Waals surface area contributed by atoms with Gasteiger partial charge in [0.25, 0.3) is 0 Å². The Labute approximate surface area is 317 Å². The van der Waals surface area contributed by atoms with Gasteiger partial charge in [-0.2, -0.15) is 5.10 Å². The van der Waals surface area contributed by atoms with Crippen molar-refractivity contribution in [2.75, 3.05) is 58.1 Å². The molecule has 1 atom stereocenters. The van der Waals surface area contributed by atoms with Crippen LogP contribution in [-0.4, -0.2) is 90.4 Å². The zero-order chi connectivity index (χ0) is 37.6. The van der Waals surface area contributed by atoms with Crippen molar-refractivity contribution in [2.45, 2.75) is 37.6 Å². The Hall–Kier alpha value is -4.10. The van der Waals surface area contributed by atoms with E-state index in [1.165, 1.54) is 6.07 Å². The second-order valence-electron chi connectivity index (χ2n) is 13.6. The summed E-state index contributed by atoms with van der Waals surface area (Å²) in [7, 11) is 6.05. The quantitative estimate of drug-likeness (QED) is 0.0731. The van der Waals surface area contributed by atoms with E-state index < -0.39 is 29.6 Å². The largest absolute Gasteiger partial charge is 0.490 e. The topological polar surface area (TPSA) is 111 Å². The molecule has 1 aromatic heterocycles. The lowest BCUT2D eigenvalue weighted by Gasteiger charge is -2.29. The zero-order valence-electron chi connectivity index (χ0n) is 29.5. The summed E-state index contributed by atoms with van der Waals surface area (Å²) < 4.78 is 29.0. The van der Waals surface area contributed by atoms with Crippen LogP contribution in [0, 0.1) is 18.7 Å². The van der Waals surface area contributed by atoms with Gasteiger partial charge in [0.05, 0.1) is 52.0 Å². The first-order valence-corrected chi connectivity index (χ1v) is 18.6. The number of anilines is 1. The number of benzene rings is 3. The Kier molecular flexibility index (Phi) is 12.9. The number of ether oxygens (including phenoxy) is 2. The average Bonchev–Trinajstić information content (AvgIpc) is 3.56. The van der Waals surface area contributed by atoms with Crippen LogP contribution in [-0.2, 0) is 16.1 Å². The fourth-order valence-electron chi connectivity index (χ4n) is 5.90. The van der Waals surface area contributed by atoms with Gasteiger partial charge < -0.3 is 19.1 Å². The number of hydrogen-bond donors (Lipinski definition) is 1. The molecule has 1 amide bonds. The van der Waals surface area contributed by atoms with Gasteiger partial charge in [0.15, 0.2) is 5.78 Å². The van der Waals surface area contributed by atoms with E-state index in [2.05, 4.69) is 5.10 Å². The van der Waals surface area contributed by atoms with Crippen LogP contribution in [0.25, 0.3) is 11.1 Å². The lowest BCUT2D eigenvalue weighted by molar-refractivity contribution is -0.870. The molecule has 0 radical (unpaired) electrons. The third kappa shape index (κ3) is 9.86. The maximum Gasteiger partial charge on any atom is 0.414 e. The third-order valence-electron chi connectivity index (χ3n) is 8.74. The van der Waals surface area contributed by atoms with E-state index in [9.17, 15) is 19.5 Å². The molecule has 1 aliphatic heterocycles. The second-order valence-corrected chi connectivity index (χ2v) is 15.6. The van der Waals surface area contributed by atoms with Gasteiger partial charge in [-0.3, -0.25) is 19.2 Å². The molecule has 1 N–H and O–H groups in total. The molecule has 4 aromatic rings. The molecule has 0 aliphatic carbocycles. The minimum Gasteiger partial charge on any atom is -0.490 e. The van der Waals surface area contributed by atoms with Crippen LogP contribution >= 0.6 is 35.0 Å². The summed E-state index contributed by atoms with van der Waals surface area (Å²) in [5, 5.41) is 14.8. The predicted octanol–water partition coefficient (Wildman–Crippen LogP) is 8.24. The number of thioether (sulfide) groups is 1. The zero-order valence-corrected chi connectivity index (χ0v) is 31.9. The number of aromatic nitrogens is 2. The van der Waals surface area contributed by atoms with Crippen molar-refractivity contribution in [3.63, 3.8) is 0 Å². The summed E-state index contributed by atoms with van der Waals surface area (Å²) in [5.41, 5.74) is 3.33. The van der Waals surface area contributed by atoms with E-state index in [1.54, 1.807) is 45.9 Å². The third-order valence-corrected chi connectivity index (χ3v) is 10.6. The molecule has 0 bridgehead atoms. The van der Waals surface area contributed by atoms with E-state index in [-0.39, 0.29) is 42.3 Å². The lowest BCUT2D eigenvalue weighted by atomic mass is 9.93. The number of amides is 1. The number of hydrogen-bond acceptors (Lipinski definition) is 7. The Morgan fingerprint density at radius 3 is 2.58 bits per heavy atom. The van der Waals surface area contributed by atoms with Crippen molar-refractivity contribution in [1.82, 2.24) is 9.78 Å². The van der Waals surface area contributed by atoms with Crippen molar-refractivity contribution in [3.05, 3.63) is 93.5 Å². The van der Waals surface area contributed by atoms with Gasteiger partial charge >= 0.3 is 12.1 Å². The fourth-order valence-corrected chi connectivity index (χ4v) is 7.48. The predicted molar refractivity (Wildman–Crippen MR) is 201 cm³/mol. The number of carbonyl (C=O) groups is 3. The molecule has 3 aromatic carbocycles. The highest BCUT2D eigenvalue weighted by molar-refractivity contribution is 7.99. The monoisotopic (exact) mass is 771 g/mol. The van der Waals surface area contributed by atoms with Gasteiger partial charge in [0.1, 0.15) is 24.8 Å². The molecule has 0 unspecified atom stereocenters. The first kappa shape index (κ1) is 39.1.